The lowest BCUT2D eigenvalue weighted by molar-refractivity contribution is -0.137. The van der Waals surface area contributed by atoms with Crippen LogP contribution in [0.5, 0.6) is 5.75 Å². The van der Waals surface area contributed by atoms with Gasteiger partial charge in [0.05, 0.1) is 7.11 Å². The van der Waals surface area contributed by atoms with E-state index < -0.39 is 21.7 Å². The van der Waals surface area contributed by atoms with Gasteiger partial charge in [0.15, 0.2) is 5.75 Å². The molecule has 0 amide bonds. The first-order valence-corrected chi connectivity index (χ1v) is 6.90. The summed E-state index contributed by atoms with van der Waals surface area (Å²) in [5.74, 6) is -1.32. The summed E-state index contributed by atoms with van der Waals surface area (Å²) in [6.45, 7) is 0.185. The van der Waals surface area contributed by atoms with Gasteiger partial charge in [-0.2, -0.15) is 0 Å². The monoisotopic (exact) mass is 273 g/mol. The fraction of sp³-hybridized carbons (Fsp3) is 0.364. The van der Waals surface area contributed by atoms with Crippen molar-refractivity contribution in [2.24, 2.45) is 0 Å². The molecule has 6 nitrogen and oxygen atoms in total. The molecule has 18 heavy (non-hydrogen) atoms. The summed E-state index contributed by atoms with van der Waals surface area (Å²) in [6, 6.07) is 6.45. The maximum Gasteiger partial charge on any atom is 0.322 e. The zero-order valence-electron chi connectivity index (χ0n) is 9.92. The van der Waals surface area contributed by atoms with Crippen LogP contribution in [0.15, 0.2) is 24.3 Å². The highest BCUT2D eigenvalue weighted by Gasteiger charge is 2.15. The summed E-state index contributed by atoms with van der Waals surface area (Å²) in [4.78, 5) is 10.8. The quantitative estimate of drug-likeness (QED) is 0.713. The Bertz CT molecular complexity index is 495. The number of nitrogens with one attached hydrogen (secondary N) is 1. The number of ether oxygens (including phenoxy) is 1. The number of carbonyl (C=O) groups excluding carboxylic acids is 1. The number of carbonyl (C=O) groups is 1. The molecule has 0 radical (unpaired) electrons. The molecule has 2 N–H and O–H groups in total. The van der Waals surface area contributed by atoms with Gasteiger partial charge < -0.3 is 9.84 Å². The lowest BCUT2D eigenvalue weighted by atomic mass is 10.1. The molecule has 0 saturated heterocycles. The van der Waals surface area contributed by atoms with Crippen LogP contribution in [0.4, 0.5) is 0 Å². The minimum Gasteiger partial charge on any atom is -0.508 e. The van der Waals surface area contributed by atoms with E-state index in [1.165, 1.54) is 12.1 Å². The first kappa shape index (κ1) is 14.5. The molecular weight excluding hydrogens is 258 g/mol. The van der Waals surface area contributed by atoms with Crippen molar-refractivity contribution in [3.05, 3.63) is 29.8 Å². The lowest BCUT2D eigenvalue weighted by Gasteiger charge is -2.05. The van der Waals surface area contributed by atoms with E-state index in [4.69, 9.17) is 5.11 Å². The molecule has 1 aromatic carbocycles. The molecule has 0 bridgehead atoms. The highest BCUT2D eigenvalue weighted by molar-refractivity contribution is 7.90. The molecule has 7 heteroatoms. The van der Waals surface area contributed by atoms with E-state index in [0.29, 0.717) is 6.42 Å². The van der Waals surface area contributed by atoms with E-state index in [-0.39, 0.29) is 12.3 Å². The molecular formula is C11H15NO5S. The predicted octanol–water partition coefficient (Wildman–Crippen LogP) is 0.0271. The Labute approximate surface area is 106 Å². The topological polar surface area (TPSA) is 92.7 Å². The Kier molecular flexibility index (Phi) is 5.11. The van der Waals surface area contributed by atoms with Crippen molar-refractivity contribution in [2.45, 2.75) is 6.42 Å². The van der Waals surface area contributed by atoms with Crippen LogP contribution in [-0.4, -0.2) is 38.9 Å². The molecule has 100 valence electrons. The van der Waals surface area contributed by atoms with Gasteiger partial charge in [-0.1, -0.05) is 12.1 Å². The van der Waals surface area contributed by atoms with Crippen LogP contribution < -0.4 is 4.72 Å². The Morgan fingerprint density at radius 1 is 1.33 bits per heavy atom. The van der Waals surface area contributed by atoms with Crippen LogP contribution in [0.25, 0.3) is 0 Å². The molecule has 0 heterocycles. The Hall–Kier alpha value is -1.60. The molecule has 0 saturated carbocycles. The Morgan fingerprint density at radius 2 is 1.94 bits per heavy atom. The highest BCUT2D eigenvalue weighted by Crippen LogP contribution is 2.09. The number of phenolic OH excluding ortho intramolecular Hbond substituents is 1. The summed E-state index contributed by atoms with van der Waals surface area (Å²) in [6.07, 6.45) is 0.473. The smallest absolute Gasteiger partial charge is 0.322 e. The van der Waals surface area contributed by atoms with Gasteiger partial charge in [-0.25, -0.2) is 13.1 Å². The number of esters is 1. The van der Waals surface area contributed by atoms with Crippen molar-refractivity contribution in [1.29, 1.82) is 0 Å². The summed E-state index contributed by atoms with van der Waals surface area (Å²) in [7, 11) is -2.51. The minimum atomic E-state index is -3.65. The Morgan fingerprint density at radius 3 is 2.50 bits per heavy atom. The van der Waals surface area contributed by atoms with E-state index in [1.807, 2.05) is 0 Å². The van der Waals surface area contributed by atoms with Gasteiger partial charge >= 0.3 is 5.97 Å². The number of sulfonamides is 1. The molecule has 0 atom stereocenters. The van der Waals surface area contributed by atoms with Gasteiger partial charge in [-0.3, -0.25) is 4.79 Å². The number of rotatable bonds is 6. The van der Waals surface area contributed by atoms with Crippen LogP contribution in [-0.2, 0) is 26.0 Å². The number of hydrogen-bond donors (Lipinski definition) is 2. The number of methoxy groups -OCH3 is 1. The van der Waals surface area contributed by atoms with E-state index in [2.05, 4.69) is 9.46 Å². The Balaban J connectivity index is 2.41. The zero-order valence-corrected chi connectivity index (χ0v) is 10.7. The van der Waals surface area contributed by atoms with E-state index in [9.17, 15) is 13.2 Å². The third-order valence-electron chi connectivity index (χ3n) is 2.21. The number of benzene rings is 1. The standard InChI is InChI=1S/C11H15NO5S/c1-17-11(14)8-18(15,16)12-7-6-9-2-4-10(13)5-3-9/h2-5,12-13H,6-8H2,1H3. The minimum absolute atomic E-state index is 0.157. The van der Waals surface area contributed by atoms with Crippen molar-refractivity contribution >= 4 is 16.0 Å². The van der Waals surface area contributed by atoms with Crippen molar-refractivity contribution in [3.63, 3.8) is 0 Å². The fourth-order valence-electron chi connectivity index (χ4n) is 1.28. The fourth-order valence-corrected chi connectivity index (χ4v) is 2.22. The van der Waals surface area contributed by atoms with Gasteiger partial charge in [0, 0.05) is 6.54 Å². The molecule has 0 fully saturated rings. The van der Waals surface area contributed by atoms with E-state index >= 15 is 0 Å². The normalized spacial score (nSPS) is 11.2. The molecule has 0 aliphatic rings. The lowest BCUT2D eigenvalue weighted by Crippen LogP contribution is -2.32. The van der Waals surface area contributed by atoms with Crippen LogP contribution in [0, 0.1) is 0 Å². The van der Waals surface area contributed by atoms with Crippen molar-refractivity contribution < 1.29 is 23.1 Å². The highest BCUT2D eigenvalue weighted by atomic mass is 32.2. The number of phenols is 1. The van der Waals surface area contributed by atoms with Crippen LogP contribution in [0.3, 0.4) is 0 Å². The van der Waals surface area contributed by atoms with Crippen LogP contribution >= 0.6 is 0 Å². The first-order chi connectivity index (χ1) is 8.43. The summed E-state index contributed by atoms with van der Waals surface area (Å²) < 4.78 is 29.4. The average Bonchev–Trinajstić information content (AvgIpc) is 2.31. The van der Waals surface area contributed by atoms with Gasteiger partial charge in [0.25, 0.3) is 0 Å². The average molecular weight is 273 g/mol. The maximum atomic E-state index is 11.4. The molecule has 0 aromatic heterocycles. The van der Waals surface area contributed by atoms with Gasteiger partial charge in [-0.15, -0.1) is 0 Å². The molecule has 1 aromatic rings. The second kappa shape index (κ2) is 6.36. The van der Waals surface area contributed by atoms with Gasteiger partial charge in [0.1, 0.15) is 5.75 Å². The number of aromatic hydroxyl groups is 1. The molecule has 1 rings (SSSR count). The third-order valence-corrected chi connectivity index (χ3v) is 3.47. The predicted molar refractivity (Wildman–Crippen MR) is 65.6 cm³/mol. The SMILES string of the molecule is COC(=O)CS(=O)(=O)NCCc1ccc(O)cc1. The maximum absolute atomic E-state index is 11.4. The van der Waals surface area contributed by atoms with Crippen molar-refractivity contribution in [1.82, 2.24) is 4.72 Å². The largest absolute Gasteiger partial charge is 0.508 e. The van der Waals surface area contributed by atoms with Gasteiger partial charge in [0.2, 0.25) is 10.0 Å². The second-order valence-corrected chi connectivity index (χ2v) is 5.45. The molecule has 0 unspecified atom stereocenters. The van der Waals surface area contributed by atoms with Crippen molar-refractivity contribution in [2.75, 3.05) is 19.4 Å². The first-order valence-electron chi connectivity index (χ1n) is 5.25. The third kappa shape index (κ3) is 5.15. The van der Waals surface area contributed by atoms with Gasteiger partial charge in [-0.05, 0) is 24.1 Å². The van der Waals surface area contributed by atoms with Crippen LogP contribution in [0.1, 0.15) is 5.56 Å². The van der Waals surface area contributed by atoms with Crippen LogP contribution in [0.2, 0.25) is 0 Å². The molecule has 0 aliphatic carbocycles. The summed E-state index contributed by atoms with van der Waals surface area (Å²) in [5.41, 5.74) is 0.883. The van der Waals surface area contributed by atoms with E-state index in [1.54, 1.807) is 12.1 Å². The van der Waals surface area contributed by atoms with Crippen molar-refractivity contribution in [3.8, 4) is 5.75 Å². The number of hydrogen-bond acceptors (Lipinski definition) is 5. The second-order valence-electron chi connectivity index (χ2n) is 3.65. The molecule has 0 aliphatic heterocycles. The summed E-state index contributed by atoms with van der Waals surface area (Å²) in [5, 5.41) is 9.07. The summed E-state index contributed by atoms with van der Waals surface area (Å²) >= 11 is 0. The molecule has 0 spiro atoms. The van der Waals surface area contributed by atoms with E-state index in [0.717, 1.165) is 12.7 Å². The zero-order chi connectivity index (χ0) is 13.6.